The SMILES string of the molecule is CN1CCCCCC(O)c2cc(C(=O)NCC3CC3)ccc21. The normalized spacial score (nSPS) is 22.3. The molecular weight excluding hydrogens is 276 g/mol. The standard InChI is InChI=1S/C18H26N2O2/c1-20-10-4-2-3-5-17(21)15-11-14(8-9-16(15)20)18(22)19-12-13-6-7-13/h8-9,11,13,17,21H,2-7,10,12H2,1H3,(H,19,22). The van der Waals surface area contributed by atoms with Gasteiger partial charge >= 0.3 is 0 Å². The number of carbonyl (C=O) groups excluding carboxylic acids is 1. The lowest BCUT2D eigenvalue weighted by atomic mass is 9.99. The largest absolute Gasteiger partial charge is 0.388 e. The van der Waals surface area contributed by atoms with Gasteiger partial charge in [0, 0.05) is 37.0 Å². The predicted octanol–water partition coefficient (Wildman–Crippen LogP) is 2.87. The highest BCUT2D eigenvalue weighted by molar-refractivity contribution is 5.95. The highest BCUT2D eigenvalue weighted by Crippen LogP contribution is 2.32. The number of anilines is 1. The zero-order valence-electron chi connectivity index (χ0n) is 13.3. The molecule has 2 aliphatic rings. The van der Waals surface area contributed by atoms with Crippen molar-refractivity contribution in [3.8, 4) is 0 Å². The molecule has 4 nitrogen and oxygen atoms in total. The molecule has 1 unspecified atom stereocenters. The Bertz CT molecular complexity index is 540. The van der Waals surface area contributed by atoms with Gasteiger partial charge in [0.05, 0.1) is 6.10 Å². The van der Waals surface area contributed by atoms with Crippen molar-refractivity contribution in [2.45, 2.75) is 44.6 Å². The van der Waals surface area contributed by atoms with E-state index in [1.54, 1.807) is 0 Å². The second-order valence-electron chi connectivity index (χ2n) is 6.71. The summed E-state index contributed by atoms with van der Waals surface area (Å²) in [5, 5.41) is 13.5. The van der Waals surface area contributed by atoms with Gasteiger partial charge in [-0.2, -0.15) is 0 Å². The number of hydrogen-bond acceptors (Lipinski definition) is 3. The van der Waals surface area contributed by atoms with Crippen LogP contribution < -0.4 is 10.2 Å². The van der Waals surface area contributed by atoms with E-state index in [4.69, 9.17) is 0 Å². The number of fused-ring (bicyclic) bond motifs is 1. The molecule has 0 bridgehead atoms. The Morgan fingerprint density at radius 1 is 1.27 bits per heavy atom. The molecule has 1 aromatic carbocycles. The first-order valence-electron chi connectivity index (χ1n) is 8.46. The van der Waals surface area contributed by atoms with Crippen molar-refractivity contribution in [1.82, 2.24) is 5.32 Å². The quantitative estimate of drug-likeness (QED) is 0.902. The van der Waals surface area contributed by atoms with Crippen LogP contribution in [0.15, 0.2) is 18.2 Å². The number of nitrogens with one attached hydrogen (secondary N) is 1. The van der Waals surface area contributed by atoms with Crippen molar-refractivity contribution in [3.63, 3.8) is 0 Å². The molecule has 0 spiro atoms. The molecule has 1 fully saturated rings. The Kier molecular flexibility index (Phi) is 4.67. The number of hydrogen-bond donors (Lipinski definition) is 2. The van der Waals surface area contributed by atoms with Crippen LogP contribution in [0.25, 0.3) is 0 Å². The summed E-state index contributed by atoms with van der Waals surface area (Å²) in [5.41, 5.74) is 2.60. The van der Waals surface area contributed by atoms with Gasteiger partial charge in [0.1, 0.15) is 0 Å². The molecule has 4 heteroatoms. The fourth-order valence-electron chi connectivity index (χ4n) is 3.11. The number of carbonyl (C=O) groups is 1. The van der Waals surface area contributed by atoms with Gasteiger partial charge < -0.3 is 15.3 Å². The molecule has 1 aliphatic heterocycles. The zero-order chi connectivity index (χ0) is 15.5. The minimum atomic E-state index is -0.480. The number of nitrogens with zero attached hydrogens (tertiary/aromatic N) is 1. The molecule has 1 aliphatic carbocycles. The van der Waals surface area contributed by atoms with Crippen LogP contribution in [0.3, 0.4) is 0 Å². The van der Waals surface area contributed by atoms with E-state index < -0.39 is 6.10 Å². The minimum Gasteiger partial charge on any atom is -0.388 e. The van der Waals surface area contributed by atoms with Crippen LogP contribution in [0.2, 0.25) is 0 Å². The molecule has 1 heterocycles. The second-order valence-corrected chi connectivity index (χ2v) is 6.71. The van der Waals surface area contributed by atoms with Gasteiger partial charge in [0.15, 0.2) is 0 Å². The van der Waals surface area contributed by atoms with E-state index >= 15 is 0 Å². The summed E-state index contributed by atoms with van der Waals surface area (Å²) in [4.78, 5) is 14.5. The van der Waals surface area contributed by atoms with E-state index in [1.165, 1.54) is 12.8 Å². The Hall–Kier alpha value is -1.55. The van der Waals surface area contributed by atoms with Crippen molar-refractivity contribution >= 4 is 11.6 Å². The van der Waals surface area contributed by atoms with Crippen LogP contribution >= 0.6 is 0 Å². The van der Waals surface area contributed by atoms with Gasteiger partial charge in [-0.05, 0) is 49.8 Å². The Balaban J connectivity index is 1.81. The van der Waals surface area contributed by atoms with E-state index in [9.17, 15) is 9.90 Å². The first kappa shape index (κ1) is 15.3. The molecule has 1 saturated carbocycles. The molecule has 0 aromatic heterocycles. The molecule has 1 amide bonds. The third-order valence-corrected chi connectivity index (χ3v) is 4.78. The lowest BCUT2D eigenvalue weighted by Crippen LogP contribution is -2.26. The summed E-state index contributed by atoms with van der Waals surface area (Å²) in [5.74, 6) is 0.651. The fraction of sp³-hybridized carbons (Fsp3) is 0.611. The van der Waals surface area contributed by atoms with Gasteiger partial charge in [-0.25, -0.2) is 0 Å². The molecule has 1 atom stereocenters. The monoisotopic (exact) mass is 302 g/mol. The maximum Gasteiger partial charge on any atom is 0.251 e. The first-order valence-corrected chi connectivity index (χ1v) is 8.46. The lowest BCUT2D eigenvalue weighted by Gasteiger charge is -2.24. The molecule has 0 radical (unpaired) electrons. The number of benzene rings is 1. The Morgan fingerprint density at radius 3 is 2.86 bits per heavy atom. The summed E-state index contributed by atoms with van der Waals surface area (Å²) in [6, 6.07) is 5.74. The first-order chi connectivity index (χ1) is 10.6. The van der Waals surface area contributed by atoms with Crippen molar-refractivity contribution in [3.05, 3.63) is 29.3 Å². The van der Waals surface area contributed by atoms with E-state index in [1.807, 2.05) is 18.2 Å². The van der Waals surface area contributed by atoms with Gasteiger partial charge in [-0.3, -0.25) is 4.79 Å². The van der Waals surface area contributed by atoms with Crippen molar-refractivity contribution in [2.75, 3.05) is 25.0 Å². The van der Waals surface area contributed by atoms with Gasteiger partial charge in [-0.15, -0.1) is 0 Å². The molecule has 2 N–H and O–H groups in total. The zero-order valence-corrected chi connectivity index (χ0v) is 13.3. The van der Waals surface area contributed by atoms with Crippen molar-refractivity contribution < 1.29 is 9.90 Å². The molecule has 1 aromatic rings. The molecule has 22 heavy (non-hydrogen) atoms. The molecular formula is C18H26N2O2. The average Bonchev–Trinajstić information content (AvgIpc) is 3.34. The van der Waals surface area contributed by atoms with Crippen LogP contribution in [0.5, 0.6) is 0 Å². The van der Waals surface area contributed by atoms with Crippen LogP contribution in [-0.4, -0.2) is 31.2 Å². The maximum absolute atomic E-state index is 12.3. The van der Waals surface area contributed by atoms with Crippen molar-refractivity contribution in [1.29, 1.82) is 0 Å². The van der Waals surface area contributed by atoms with Crippen LogP contribution in [0, 0.1) is 5.92 Å². The number of rotatable bonds is 3. The molecule has 3 rings (SSSR count). The van der Waals surface area contributed by atoms with E-state index in [2.05, 4.69) is 17.3 Å². The summed E-state index contributed by atoms with van der Waals surface area (Å²) >= 11 is 0. The lowest BCUT2D eigenvalue weighted by molar-refractivity contribution is 0.0951. The second kappa shape index (κ2) is 6.69. The highest BCUT2D eigenvalue weighted by atomic mass is 16.3. The highest BCUT2D eigenvalue weighted by Gasteiger charge is 2.23. The maximum atomic E-state index is 12.3. The van der Waals surface area contributed by atoms with E-state index in [0.717, 1.165) is 50.0 Å². The Morgan fingerprint density at radius 2 is 2.09 bits per heavy atom. The smallest absolute Gasteiger partial charge is 0.251 e. The van der Waals surface area contributed by atoms with Gasteiger partial charge in [-0.1, -0.05) is 12.8 Å². The predicted molar refractivity (Wildman–Crippen MR) is 88.2 cm³/mol. The van der Waals surface area contributed by atoms with Crippen molar-refractivity contribution in [2.24, 2.45) is 5.92 Å². The number of amides is 1. The topological polar surface area (TPSA) is 52.6 Å². The number of aliphatic hydroxyl groups is 1. The summed E-state index contributed by atoms with van der Waals surface area (Å²) in [6.45, 7) is 1.77. The fourth-order valence-corrected chi connectivity index (χ4v) is 3.11. The van der Waals surface area contributed by atoms with Crippen LogP contribution in [0.4, 0.5) is 5.69 Å². The van der Waals surface area contributed by atoms with E-state index in [-0.39, 0.29) is 5.91 Å². The molecule has 120 valence electrons. The summed E-state index contributed by atoms with van der Waals surface area (Å²) in [6.07, 6.45) is 6.07. The average molecular weight is 302 g/mol. The Labute approximate surface area is 132 Å². The third-order valence-electron chi connectivity index (χ3n) is 4.78. The third kappa shape index (κ3) is 3.61. The molecule has 0 saturated heterocycles. The number of aliphatic hydroxyl groups excluding tert-OH is 1. The summed E-state index contributed by atoms with van der Waals surface area (Å²) < 4.78 is 0. The van der Waals surface area contributed by atoms with Gasteiger partial charge in [0.2, 0.25) is 0 Å². The van der Waals surface area contributed by atoms with E-state index in [0.29, 0.717) is 11.5 Å². The van der Waals surface area contributed by atoms with Crippen LogP contribution in [-0.2, 0) is 0 Å². The summed E-state index contributed by atoms with van der Waals surface area (Å²) in [7, 11) is 2.06. The van der Waals surface area contributed by atoms with Gasteiger partial charge in [0.25, 0.3) is 5.91 Å². The van der Waals surface area contributed by atoms with Crippen LogP contribution in [0.1, 0.15) is 60.6 Å². The minimum absolute atomic E-state index is 0.0237.